The number of carbonyl (C=O) groups excluding carboxylic acids is 1. The number of carbonyl (C=O) groups is 1. The van der Waals surface area contributed by atoms with Crippen LogP contribution in [0.1, 0.15) is 53.2 Å². The van der Waals surface area contributed by atoms with Crippen molar-refractivity contribution in [2.45, 2.75) is 62.3 Å². The summed E-state index contributed by atoms with van der Waals surface area (Å²) in [6.45, 7) is 1.98. The molecule has 2 saturated heterocycles. The number of aromatic nitrogens is 2. The van der Waals surface area contributed by atoms with Crippen molar-refractivity contribution in [3.63, 3.8) is 0 Å². The Hall–Kier alpha value is -3.45. The Bertz CT molecular complexity index is 1330. The minimum Gasteiger partial charge on any atom is -0.368 e. The molecular weight excluding hydrogens is 557 g/mol. The van der Waals surface area contributed by atoms with Gasteiger partial charge in [-0.2, -0.15) is 31.4 Å². The molecule has 41 heavy (non-hydrogen) atoms. The van der Waals surface area contributed by atoms with Gasteiger partial charge < -0.3 is 15.0 Å². The van der Waals surface area contributed by atoms with Crippen LogP contribution < -0.4 is 5.32 Å². The van der Waals surface area contributed by atoms with Crippen molar-refractivity contribution in [2.24, 2.45) is 0 Å². The average molecular weight is 585 g/mol. The van der Waals surface area contributed by atoms with Gasteiger partial charge >= 0.3 is 12.4 Å². The summed E-state index contributed by atoms with van der Waals surface area (Å²) in [5.74, 6) is -1.12. The lowest BCUT2D eigenvalue weighted by Crippen LogP contribution is -2.40. The molecule has 5 rings (SSSR count). The normalized spacial score (nSPS) is 23.7. The van der Waals surface area contributed by atoms with E-state index in [1.807, 2.05) is 0 Å². The van der Waals surface area contributed by atoms with Gasteiger partial charge in [-0.3, -0.25) is 9.89 Å². The molecule has 2 aliphatic rings. The molecule has 13 heteroatoms. The second-order valence-electron chi connectivity index (χ2n) is 10.4. The van der Waals surface area contributed by atoms with E-state index >= 15 is 0 Å². The quantitative estimate of drug-likeness (QED) is 0.337. The second kappa shape index (κ2) is 11.1. The lowest BCUT2D eigenvalue weighted by atomic mass is 9.87. The number of nitrogens with zero attached hydrogens (tertiary/aromatic N) is 2. The van der Waals surface area contributed by atoms with E-state index in [-0.39, 0.29) is 30.1 Å². The van der Waals surface area contributed by atoms with Crippen LogP contribution in [0.15, 0.2) is 54.9 Å². The van der Waals surface area contributed by atoms with Gasteiger partial charge in [-0.1, -0.05) is 12.1 Å². The van der Waals surface area contributed by atoms with Crippen molar-refractivity contribution in [1.29, 1.82) is 0 Å². The number of rotatable bonds is 8. The topological polar surface area (TPSA) is 70.2 Å². The van der Waals surface area contributed by atoms with Crippen molar-refractivity contribution < 1.29 is 40.3 Å². The second-order valence-corrected chi connectivity index (χ2v) is 10.4. The number of hydrogen-bond donors (Lipinski definition) is 2. The lowest BCUT2D eigenvalue weighted by Gasteiger charge is -2.27. The first kappa shape index (κ1) is 29.1. The predicted octanol–water partition coefficient (Wildman–Crippen LogP) is 5.63. The summed E-state index contributed by atoms with van der Waals surface area (Å²) in [4.78, 5) is 14.9. The standard InChI is InChI=1S/C28H27F7N4O2/c1-15(18-8-19(27(30,31)32)10-20(9-18)28(33,34)35)41-24-14-39-23(25(24)17-2-4-21(29)5-3-17)11-22(26(39)40)36-7-6-16-12-37-38-13-16/h2-5,8-10,12-13,15,22-25,36H,6-7,11,14H2,1H3,(H,37,38)/t15-,22?,23+,24+,25+/m1/s1. The van der Waals surface area contributed by atoms with E-state index < -0.39 is 53.5 Å². The summed E-state index contributed by atoms with van der Waals surface area (Å²) >= 11 is 0. The summed E-state index contributed by atoms with van der Waals surface area (Å²) in [6, 6.07) is 6.16. The van der Waals surface area contributed by atoms with Crippen LogP contribution in [0.4, 0.5) is 30.7 Å². The summed E-state index contributed by atoms with van der Waals surface area (Å²) in [7, 11) is 0. The highest BCUT2D eigenvalue weighted by Crippen LogP contribution is 2.44. The van der Waals surface area contributed by atoms with E-state index in [9.17, 15) is 35.5 Å². The Balaban J connectivity index is 1.38. The largest absolute Gasteiger partial charge is 0.416 e. The van der Waals surface area contributed by atoms with Gasteiger partial charge in [0.1, 0.15) is 5.82 Å². The number of fused-ring (bicyclic) bond motifs is 1. The average Bonchev–Trinajstić information content (AvgIpc) is 3.61. The Morgan fingerprint density at radius 2 is 1.73 bits per heavy atom. The number of halogens is 7. The Kier molecular flexibility index (Phi) is 7.86. The third-order valence-electron chi connectivity index (χ3n) is 7.72. The molecular formula is C28H27F7N4O2. The van der Waals surface area contributed by atoms with Crippen LogP contribution in [0.25, 0.3) is 0 Å². The molecule has 0 bridgehead atoms. The summed E-state index contributed by atoms with van der Waals surface area (Å²) in [5, 5.41) is 9.87. The van der Waals surface area contributed by atoms with Crippen molar-refractivity contribution in [1.82, 2.24) is 20.4 Å². The van der Waals surface area contributed by atoms with E-state index in [1.54, 1.807) is 29.4 Å². The molecule has 0 spiro atoms. The maximum absolute atomic E-state index is 13.7. The van der Waals surface area contributed by atoms with Crippen LogP contribution in [-0.2, 0) is 28.3 Å². The highest BCUT2D eigenvalue weighted by atomic mass is 19.4. The molecule has 6 nitrogen and oxygen atoms in total. The molecule has 0 saturated carbocycles. The Labute approximate surface area is 230 Å². The van der Waals surface area contributed by atoms with E-state index in [1.165, 1.54) is 19.1 Å². The maximum atomic E-state index is 13.7. The summed E-state index contributed by atoms with van der Waals surface area (Å²) in [5.41, 5.74) is -1.53. The molecule has 220 valence electrons. The van der Waals surface area contributed by atoms with Crippen LogP contribution >= 0.6 is 0 Å². The third-order valence-corrected chi connectivity index (χ3v) is 7.72. The molecule has 3 aromatic rings. The van der Waals surface area contributed by atoms with Crippen molar-refractivity contribution in [3.8, 4) is 0 Å². The minimum atomic E-state index is -4.99. The molecule has 0 radical (unpaired) electrons. The number of aromatic amines is 1. The van der Waals surface area contributed by atoms with E-state index in [4.69, 9.17) is 4.74 Å². The van der Waals surface area contributed by atoms with Crippen molar-refractivity contribution >= 4 is 5.91 Å². The smallest absolute Gasteiger partial charge is 0.368 e. The SMILES string of the molecule is C[C@@H](O[C@H]1CN2C(=O)C(NCCc3cn[nH]c3)C[C@H]2[C@@H]1c1ccc(F)cc1)c1cc(C(F)(F)F)cc(C(F)(F)F)c1. The fraction of sp³-hybridized carbons (Fsp3) is 0.429. The first-order chi connectivity index (χ1) is 19.3. The third kappa shape index (κ3) is 6.25. The molecule has 1 amide bonds. The molecule has 1 aromatic heterocycles. The molecule has 2 N–H and O–H groups in total. The zero-order valence-electron chi connectivity index (χ0n) is 21.8. The first-order valence-electron chi connectivity index (χ1n) is 13.0. The monoisotopic (exact) mass is 584 g/mol. The molecule has 2 aliphatic heterocycles. The Morgan fingerprint density at radius 1 is 1.07 bits per heavy atom. The van der Waals surface area contributed by atoms with Gasteiger partial charge in [0.15, 0.2) is 0 Å². The summed E-state index contributed by atoms with van der Waals surface area (Å²) in [6.07, 6.45) is -7.40. The van der Waals surface area contributed by atoms with Crippen molar-refractivity contribution in [2.75, 3.05) is 13.1 Å². The predicted molar refractivity (Wildman–Crippen MR) is 133 cm³/mol. The number of nitrogens with one attached hydrogen (secondary N) is 2. The Morgan fingerprint density at radius 3 is 2.32 bits per heavy atom. The van der Waals surface area contributed by atoms with E-state index in [0.29, 0.717) is 37.1 Å². The number of amides is 1. The molecule has 3 heterocycles. The lowest BCUT2D eigenvalue weighted by molar-refractivity contribution is -0.143. The fourth-order valence-electron chi connectivity index (χ4n) is 5.73. The summed E-state index contributed by atoms with van der Waals surface area (Å²) < 4.78 is 100. The van der Waals surface area contributed by atoms with E-state index in [0.717, 1.165) is 5.56 Å². The number of hydrogen-bond acceptors (Lipinski definition) is 4. The van der Waals surface area contributed by atoms with Crippen molar-refractivity contribution in [3.05, 3.63) is 88.5 Å². The van der Waals surface area contributed by atoms with Crippen LogP contribution in [0.3, 0.4) is 0 Å². The molecule has 2 fully saturated rings. The van der Waals surface area contributed by atoms with Crippen LogP contribution in [0.5, 0.6) is 0 Å². The zero-order valence-corrected chi connectivity index (χ0v) is 21.8. The zero-order chi connectivity index (χ0) is 29.5. The van der Waals surface area contributed by atoms with Gasteiger partial charge in [-0.05, 0) is 66.8 Å². The van der Waals surface area contributed by atoms with Crippen LogP contribution in [-0.4, -0.2) is 52.3 Å². The molecule has 2 aromatic carbocycles. The first-order valence-corrected chi connectivity index (χ1v) is 13.0. The van der Waals surface area contributed by atoms with Gasteiger partial charge in [0.25, 0.3) is 0 Å². The van der Waals surface area contributed by atoms with E-state index in [2.05, 4.69) is 15.5 Å². The van der Waals surface area contributed by atoms with Crippen LogP contribution in [0.2, 0.25) is 0 Å². The highest BCUT2D eigenvalue weighted by Gasteiger charge is 2.52. The molecule has 5 atom stereocenters. The van der Waals surface area contributed by atoms with Crippen LogP contribution in [0, 0.1) is 5.82 Å². The highest BCUT2D eigenvalue weighted by molar-refractivity contribution is 5.85. The van der Waals surface area contributed by atoms with Gasteiger partial charge in [0.05, 0.1) is 35.6 Å². The van der Waals surface area contributed by atoms with Gasteiger partial charge in [0.2, 0.25) is 5.91 Å². The number of H-pyrrole nitrogens is 1. The molecule has 0 aliphatic carbocycles. The number of ether oxygens (including phenoxy) is 1. The number of benzene rings is 2. The molecule has 1 unspecified atom stereocenters. The van der Waals surface area contributed by atoms with Gasteiger partial charge in [-0.15, -0.1) is 0 Å². The number of alkyl halides is 6. The van der Waals surface area contributed by atoms with Gasteiger partial charge in [-0.25, -0.2) is 4.39 Å². The fourth-order valence-corrected chi connectivity index (χ4v) is 5.73. The van der Waals surface area contributed by atoms with Gasteiger partial charge in [0, 0.05) is 31.2 Å². The minimum absolute atomic E-state index is 0.0710. The maximum Gasteiger partial charge on any atom is 0.416 e.